The Morgan fingerprint density at radius 1 is 1.09 bits per heavy atom. The molecule has 1 amide bonds. The molecule has 7 heteroatoms. The second kappa shape index (κ2) is 7.68. The first-order valence-electron chi connectivity index (χ1n) is 6.52. The molecule has 0 fully saturated rings. The fourth-order valence-corrected chi connectivity index (χ4v) is 2.79. The van der Waals surface area contributed by atoms with Gasteiger partial charge in [0.2, 0.25) is 0 Å². The summed E-state index contributed by atoms with van der Waals surface area (Å²) < 4.78 is 4.59. The van der Waals surface area contributed by atoms with E-state index in [4.69, 9.17) is 34.8 Å². The summed E-state index contributed by atoms with van der Waals surface area (Å²) in [5.41, 5.74) is 1.13. The minimum Gasteiger partial charge on any atom is -0.465 e. The van der Waals surface area contributed by atoms with Gasteiger partial charge in [0.15, 0.2) is 0 Å². The molecule has 0 aromatic heterocycles. The van der Waals surface area contributed by atoms with Crippen molar-refractivity contribution in [3.05, 3.63) is 68.2 Å². The van der Waals surface area contributed by atoms with Crippen molar-refractivity contribution in [1.82, 2.24) is 5.32 Å². The predicted octanol–water partition coefficient (Wildman–Crippen LogP) is 4.36. The van der Waals surface area contributed by atoms with E-state index in [1.807, 2.05) is 6.07 Å². The zero-order valence-electron chi connectivity index (χ0n) is 12.0. The van der Waals surface area contributed by atoms with Gasteiger partial charge in [0.1, 0.15) is 0 Å². The van der Waals surface area contributed by atoms with E-state index in [9.17, 15) is 9.59 Å². The van der Waals surface area contributed by atoms with Gasteiger partial charge in [-0.1, -0.05) is 46.9 Å². The van der Waals surface area contributed by atoms with Gasteiger partial charge in [0.25, 0.3) is 5.91 Å². The van der Waals surface area contributed by atoms with Crippen molar-refractivity contribution < 1.29 is 14.3 Å². The fourth-order valence-electron chi connectivity index (χ4n) is 1.93. The molecule has 2 rings (SSSR count). The summed E-state index contributed by atoms with van der Waals surface area (Å²) in [6.45, 7) is 0.299. The average molecular weight is 373 g/mol. The van der Waals surface area contributed by atoms with Crippen molar-refractivity contribution in [2.45, 2.75) is 6.54 Å². The molecule has 4 nitrogen and oxygen atoms in total. The zero-order valence-corrected chi connectivity index (χ0v) is 14.3. The van der Waals surface area contributed by atoms with Crippen LogP contribution in [-0.4, -0.2) is 19.0 Å². The first kappa shape index (κ1) is 17.6. The number of halogens is 3. The molecule has 120 valence electrons. The van der Waals surface area contributed by atoms with Crippen LogP contribution < -0.4 is 5.32 Å². The van der Waals surface area contributed by atoms with Gasteiger partial charge >= 0.3 is 5.97 Å². The van der Waals surface area contributed by atoms with Crippen LogP contribution >= 0.6 is 34.8 Å². The van der Waals surface area contributed by atoms with Gasteiger partial charge in [-0.15, -0.1) is 0 Å². The molecule has 0 aliphatic rings. The molecule has 0 radical (unpaired) electrons. The number of amides is 1. The van der Waals surface area contributed by atoms with Crippen LogP contribution in [0.3, 0.4) is 0 Å². The minimum atomic E-state index is -0.661. The Morgan fingerprint density at radius 2 is 1.74 bits per heavy atom. The third kappa shape index (κ3) is 4.38. The summed E-state index contributed by atoms with van der Waals surface area (Å²) >= 11 is 17.9. The van der Waals surface area contributed by atoms with E-state index >= 15 is 0 Å². The van der Waals surface area contributed by atoms with Crippen molar-refractivity contribution in [1.29, 1.82) is 0 Å². The SMILES string of the molecule is COC(=O)c1c(Cl)cc(C(=O)NCc2cccc(Cl)c2)cc1Cl. The van der Waals surface area contributed by atoms with Gasteiger partial charge in [-0.2, -0.15) is 0 Å². The summed E-state index contributed by atoms with van der Waals surface area (Å²) in [5.74, 6) is -1.03. The molecule has 0 saturated heterocycles. The standard InChI is InChI=1S/C16H12Cl3NO3/c1-23-16(22)14-12(18)6-10(7-13(14)19)15(21)20-8-9-3-2-4-11(17)5-9/h2-7H,8H2,1H3,(H,20,21). The van der Waals surface area contributed by atoms with Gasteiger partial charge in [-0.25, -0.2) is 4.79 Å². The molecule has 0 unspecified atom stereocenters. The summed E-state index contributed by atoms with van der Waals surface area (Å²) in [5, 5.41) is 3.42. The van der Waals surface area contributed by atoms with E-state index in [0.717, 1.165) is 5.56 Å². The molecule has 1 N–H and O–H groups in total. The van der Waals surface area contributed by atoms with Crippen LogP contribution in [0.1, 0.15) is 26.3 Å². The maximum Gasteiger partial charge on any atom is 0.340 e. The van der Waals surface area contributed by atoms with E-state index in [0.29, 0.717) is 11.6 Å². The van der Waals surface area contributed by atoms with Gasteiger partial charge in [-0.05, 0) is 29.8 Å². The van der Waals surface area contributed by atoms with Crippen molar-refractivity contribution >= 4 is 46.7 Å². The van der Waals surface area contributed by atoms with Crippen molar-refractivity contribution in [2.24, 2.45) is 0 Å². The van der Waals surface area contributed by atoms with Crippen molar-refractivity contribution in [3.63, 3.8) is 0 Å². The number of hydrogen-bond acceptors (Lipinski definition) is 3. The van der Waals surface area contributed by atoms with E-state index < -0.39 is 5.97 Å². The monoisotopic (exact) mass is 371 g/mol. The Bertz CT molecular complexity index is 739. The van der Waals surface area contributed by atoms with Crippen LogP contribution in [0.15, 0.2) is 36.4 Å². The van der Waals surface area contributed by atoms with Crippen LogP contribution in [0.2, 0.25) is 15.1 Å². The molecule has 0 atom stereocenters. The van der Waals surface area contributed by atoms with Gasteiger partial charge < -0.3 is 10.1 Å². The summed E-state index contributed by atoms with van der Waals surface area (Å²) in [7, 11) is 1.22. The summed E-state index contributed by atoms with van der Waals surface area (Å²) in [4.78, 5) is 23.8. The molecule has 2 aromatic rings. The maximum absolute atomic E-state index is 12.2. The van der Waals surface area contributed by atoms with Crippen molar-refractivity contribution in [3.8, 4) is 0 Å². The fraction of sp³-hybridized carbons (Fsp3) is 0.125. The van der Waals surface area contributed by atoms with Crippen LogP contribution in [0.5, 0.6) is 0 Å². The highest BCUT2D eigenvalue weighted by molar-refractivity contribution is 6.39. The summed E-state index contributed by atoms with van der Waals surface area (Å²) in [6.07, 6.45) is 0. The smallest absolute Gasteiger partial charge is 0.340 e. The minimum absolute atomic E-state index is 0.0298. The Labute approximate surface area is 148 Å². The molecule has 0 aliphatic heterocycles. The maximum atomic E-state index is 12.2. The largest absolute Gasteiger partial charge is 0.465 e. The lowest BCUT2D eigenvalue weighted by Crippen LogP contribution is -2.23. The number of esters is 1. The molecule has 2 aromatic carbocycles. The van der Waals surface area contributed by atoms with Crippen LogP contribution in [-0.2, 0) is 11.3 Å². The first-order valence-corrected chi connectivity index (χ1v) is 7.65. The summed E-state index contributed by atoms with van der Waals surface area (Å²) in [6, 6.07) is 9.87. The highest BCUT2D eigenvalue weighted by Crippen LogP contribution is 2.27. The number of benzene rings is 2. The average Bonchev–Trinajstić information content (AvgIpc) is 2.51. The second-order valence-electron chi connectivity index (χ2n) is 4.62. The predicted molar refractivity (Wildman–Crippen MR) is 90.4 cm³/mol. The number of nitrogens with one attached hydrogen (secondary N) is 1. The Morgan fingerprint density at radius 3 is 2.30 bits per heavy atom. The molecule has 0 bridgehead atoms. The molecule has 0 saturated carbocycles. The van der Waals surface area contributed by atoms with Crippen LogP contribution in [0, 0.1) is 0 Å². The lowest BCUT2D eigenvalue weighted by molar-refractivity contribution is 0.0600. The quantitative estimate of drug-likeness (QED) is 0.811. The molecular weight excluding hydrogens is 361 g/mol. The number of methoxy groups -OCH3 is 1. The normalized spacial score (nSPS) is 10.3. The van der Waals surface area contributed by atoms with E-state index in [1.165, 1.54) is 19.2 Å². The van der Waals surface area contributed by atoms with Crippen LogP contribution in [0.25, 0.3) is 0 Å². The molecule has 0 spiro atoms. The second-order valence-corrected chi connectivity index (χ2v) is 5.87. The van der Waals surface area contributed by atoms with Crippen LogP contribution in [0.4, 0.5) is 0 Å². The Kier molecular flexibility index (Phi) is 5.88. The lowest BCUT2D eigenvalue weighted by Gasteiger charge is -2.09. The molecule has 23 heavy (non-hydrogen) atoms. The highest BCUT2D eigenvalue weighted by atomic mass is 35.5. The van der Waals surface area contributed by atoms with E-state index in [1.54, 1.807) is 18.2 Å². The van der Waals surface area contributed by atoms with Gasteiger partial charge in [-0.3, -0.25) is 4.79 Å². The van der Waals surface area contributed by atoms with E-state index in [2.05, 4.69) is 10.1 Å². The third-order valence-electron chi connectivity index (χ3n) is 3.04. The first-order chi connectivity index (χ1) is 10.9. The topological polar surface area (TPSA) is 55.4 Å². The van der Waals surface area contributed by atoms with Gasteiger partial charge in [0.05, 0.1) is 22.7 Å². The number of ether oxygens (including phenoxy) is 1. The molecule has 0 heterocycles. The van der Waals surface area contributed by atoms with E-state index in [-0.39, 0.29) is 27.1 Å². The highest BCUT2D eigenvalue weighted by Gasteiger charge is 2.18. The molecular formula is C16H12Cl3NO3. The number of rotatable bonds is 4. The number of hydrogen-bond donors (Lipinski definition) is 1. The zero-order chi connectivity index (χ0) is 17.0. The third-order valence-corrected chi connectivity index (χ3v) is 3.87. The number of carbonyl (C=O) groups excluding carboxylic acids is 2. The molecule has 0 aliphatic carbocycles. The van der Waals surface area contributed by atoms with Gasteiger partial charge in [0, 0.05) is 17.1 Å². The lowest BCUT2D eigenvalue weighted by atomic mass is 10.1. The number of carbonyl (C=O) groups is 2. The van der Waals surface area contributed by atoms with Crippen molar-refractivity contribution in [2.75, 3.05) is 7.11 Å². The Balaban J connectivity index is 2.15. The Hall–Kier alpha value is -1.75.